The molecule has 3 nitrogen and oxygen atoms in total. The van der Waals surface area contributed by atoms with Gasteiger partial charge in [0.25, 0.3) is 0 Å². The first-order valence-electron chi connectivity index (χ1n) is 10.7. The molecule has 3 heteroatoms. The molecular formula is C23H42NO2+. The number of nitrogens with zero attached hydrogens (tertiary/aromatic N) is 1. The molecular weight excluding hydrogens is 322 g/mol. The Morgan fingerprint density at radius 2 is 1.00 bits per heavy atom. The van der Waals surface area contributed by atoms with Crippen molar-refractivity contribution in [2.24, 2.45) is 0 Å². The Morgan fingerprint density at radius 3 is 1.27 bits per heavy atom. The number of aliphatic hydroxyl groups is 2. The van der Waals surface area contributed by atoms with Crippen molar-refractivity contribution in [3.05, 3.63) is 34.9 Å². The summed E-state index contributed by atoms with van der Waals surface area (Å²) in [4.78, 5) is 0. The summed E-state index contributed by atoms with van der Waals surface area (Å²) in [6, 6.07) is 6.40. The zero-order valence-corrected chi connectivity index (χ0v) is 18.2. The minimum Gasteiger partial charge on any atom is -0.385 e. The van der Waals surface area contributed by atoms with E-state index >= 15 is 0 Å². The Kier molecular flexibility index (Phi) is 8.32. The van der Waals surface area contributed by atoms with Crippen LogP contribution in [0.25, 0.3) is 0 Å². The highest BCUT2D eigenvalue weighted by Gasteiger charge is 2.32. The molecule has 0 amide bonds. The van der Waals surface area contributed by atoms with Gasteiger partial charge in [0, 0.05) is 5.56 Å². The maximum absolute atomic E-state index is 11.1. The van der Waals surface area contributed by atoms with Crippen LogP contribution in [0, 0.1) is 0 Å². The van der Waals surface area contributed by atoms with E-state index in [4.69, 9.17) is 0 Å². The third kappa shape index (κ3) is 4.68. The Balaban J connectivity index is 3.55. The SMILES string of the molecule is CCC(O)(CC)c1cc(C[N+](CC)(CC)CC)cc(C(O)(CC)CC)c1. The minimum absolute atomic E-state index is 0.679. The molecule has 0 aliphatic heterocycles. The van der Waals surface area contributed by atoms with Crippen LogP contribution in [0.15, 0.2) is 18.2 Å². The molecule has 1 aromatic carbocycles. The Bertz CT molecular complexity index is 511. The zero-order valence-electron chi connectivity index (χ0n) is 18.2. The average Bonchev–Trinajstić information content (AvgIpc) is 2.70. The Morgan fingerprint density at radius 1 is 0.654 bits per heavy atom. The van der Waals surface area contributed by atoms with Gasteiger partial charge in [-0.25, -0.2) is 0 Å². The predicted molar refractivity (Wildman–Crippen MR) is 111 cm³/mol. The van der Waals surface area contributed by atoms with Crippen LogP contribution in [-0.2, 0) is 17.7 Å². The first-order valence-corrected chi connectivity index (χ1v) is 10.7. The number of hydrogen-bond donors (Lipinski definition) is 2. The maximum Gasteiger partial charge on any atom is 0.104 e. The van der Waals surface area contributed by atoms with Gasteiger partial charge < -0.3 is 14.7 Å². The van der Waals surface area contributed by atoms with Gasteiger partial charge >= 0.3 is 0 Å². The number of quaternary nitrogens is 1. The van der Waals surface area contributed by atoms with Crippen LogP contribution in [0.1, 0.15) is 90.8 Å². The third-order valence-electron chi connectivity index (χ3n) is 6.94. The Labute approximate surface area is 161 Å². The second-order valence-corrected chi connectivity index (χ2v) is 7.84. The summed E-state index contributed by atoms with van der Waals surface area (Å²) in [6.45, 7) is 19.1. The average molecular weight is 365 g/mol. The van der Waals surface area contributed by atoms with Crippen LogP contribution in [0.2, 0.25) is 0 Å². The molecule has 0 saturated heterocycles. The summed E-state index contributed by atoms with van der Waals surface area (Å²) >= 11 is 0. The van der Waals surface area contributed by atoms with E-state index < -0.39 is 11.2 Å². The molecule has 0 heterocycles. The number of benzene rings is 1. The first kappa shape index (κ1) is 23.1. The van der Waals surface area contributed by atoms with Crippen LogP contribution in [0.5, 0.6) is 0 Å². The number of hydrogen-bond acceptors (Lipinski definition) is 2. The second-order valence-electron chi connectivity index (χ2n) is 7.84. The lowest BCUT2D eigenvalue weighted by atomic mass is 9.81. The highest BCUT2D eigenvalue weighted by Crippen LogP contribution is 2.36. The number of rotatable bonds is 11. The van der Waals surface area contributed by atoms with E-state index in [0.29, 0.717) is 25.7 Å². The van der Waals surface area contributed by atoms with Crippen LogP contribution in [0.4, 0.5) is 0 Å². The quantitative estimate of drug-likeness (QED) is 0.538. The van der Waals surface area contributed by atoms with Crippen molar-refractivity contribution in [1.82, 2.24) is 0 Å². The molecule has 0 aliphatic carbocycles. The molecule has 0 bridgehead atoms. The van der Waals surface area contributed by atoms with Gasteiger partial charge in [0.05, 0.1) is 30.8 Å². The zero-order chi connectivity index (χ0) is 20.0. The van der Waals surface area contributed by atoms with E-state index in [1.54, 1.807) is 0 Å². The summed E-state index contributed by atoms with van der Waals surface area (Å²) in [5.41, 5.74) is 1.48. The van der Waals surface area contributed by atoms with Crippen LogP contribution < -0.4 is 0 Å². The van der Waals surface area contributed by atoms with E-state index in [0.717, 1.165) is 41.8 Å². The molecule has 150 valence electrons. The molecule has 2 N–H and O–H groups in total. The Hall–Kier alpha value is -0.900. The molecule has 0 aromatic heterocycles. The normalized spacial score (nSPS) is 13.3. The van der Waals surface area contributed by atoms with Gasteiger partial charge in [-0.05, 0) is 69.7 Å². The lowest BCUT2D eigenvalue weighted by Gasteiger charge is -2.37. The van der Waals surface area contributed by atoms with E-state index in [1.165, 1.54) is 5.56 Å². The van der Waals surface area contributed by atoms with Gasteiger partial charge in [0.15, 0.2) is 0 Å². The standard InChI is InChI=1S/C23H42NO2/c1-8-22(25,9-2)20-15-19(18-24(12-5,13-6)14-7)16-21(17-20)23(26,10-3)11-4/h15-17,25-26H,8-14,18H2,1-7H3/q+1. The fourth-order valence-corrected chi connectivity index (χ4v) is 4.03. The van der Waals surface area contributed by atoms with Crippen LogP contribution in [-0.4, -0.2) is 34.3 Å². The van der Waals surface area contributed by atoms with Gasteiger partial charge in [-0.3, -0.25) is 0 Å². The summed E-state index contributed by atoms with van der Waals surface area (Å²) in [5, 5.41) is 22.3. The molecule has 1 aromatic rings. The first-order chi connectivity index (χ1) is 12.2. The lowest BCUT2D eigenvalue weighted by molar-refractivity contribution is -0.936. The largest absolute Gasteiger partial charge is 0.385 e. The molecule has 0 fully saturated rings. The summed E-state index contributed by atoms with van der Waals surface area (Å²) in [6.07, 6.45) is 2.72. The molecule has 0 atom stereocenters. The van der Waals surface area contributed by atoms with Crippen molar-refractivity contribution in [1.29, 1.82) is 0 Å². The van der Waals surface area contributed by atoms with Crippen LogP contribution in [0.3, 0.4) is 0 Å². The van der Waals surface area contributed by atoms with Crippen LogP contribution >= 0.6 is 0 Å². The fraction of sp³-hybridized carbons (Fsp3) is 0.739. The monoisotopic (exact) mass is 364 g/mol. The van der Waals surface area contributed by atoms with Gasteiger partial charge in [-0.2, -0.15) is 0 Å². The van der Waals surface area contributed by atoms with E-state index in [-0.39, 0.29) is 0 Å². The van der Waals surface area contributed by atoms with Crippen molar-refractivity contribution < 1.29 is 14.7 Å². The maximum atomic E-state index is 11.1. The molecule has 26 heavy (non-hydrogen) atoms. The second kappa shape index (κ2) is 9.34. The molecule has 0 unspecified atom stereocenters. The third-order valence-corrected chi connectivity index (χ3v) is 6.94. The highest BCUT2D eigenvalue weighted by molar-refractivity contribution is 5.36. The van der Waals surface area contributed by atoms with Crippen molar-refractivity contribution in [3.8, 4) is 0 Å². The van der Waals surface area contributed by atoms with Crippen molar-refractivity contribution in [2.75, 3.05) is 19.6 Å². The van der Waals surface area contributed by atoms with E-state index in [2.05, 4.69) is 32.9 Å². The summed E-state index contributed by atoms with van der Waals surface area (Å²) < 4.78 is 1.02. The van der Waals surface area contributed by atoms with Gasteiger partial charge in [-0.1, -0.05) is 33.8 Å². The summed E-state index contributed by atoms with van der Waals surface area (Å²) in [7, 11) is 0. The molecule has 0 radical (unpaired) electrons. The predicted octanol–water partition coefficient (Wildman–Crippen LogP) is 5.08. The molecule has 0 aliphatic rings. The van der Waals surface area contributed by atoms with Gasteiger partial charge in [0.2, 0.25) is 0 Å². The molecule has 0 saturated carbocycles. The van der Waals surface area contributed by atoms with Gasteiger partial charge in [-0.15, -0.1) is 0 Å². The summed E-state index contributed by atoms with van der Waals surface area (Å²) in [5.74, 6) is 0. The van der Waals surface area contributed by atoms with E-state index in [1.807, 2.05) is 33.8 Å². The van der Waals surface area contributed by atoms with Crippen molar-refractivity contribution >= 4 is 0 Å². The molecule has 1 rings (SSSR count). The van der Waals surface area contributed by atoms with Gasteiger partial charge in [0.1, 0.15) is 6.54 Å². The molecule has 0 spiro atoms. The fourth-order valence-electron chi connectivity index (χ4n) is 4.03. The lowest BCUT2D eigenvalue weighted by Crippen LogP contribution is -2.46. The van der Waals surface area contributed by atoms with E-state index in [9.17, 15) is 10.2 Å². The minimum atomic E-state index is -0.826. The smallest absolute Gasteiger partial charge is 0.104 e. The highest BCUT2D eigenvalue weighted by atomic mass is 16.3. The van der Waals surface area contributed by atoms with Crippen molar-refractivity contribution in [3.63, 3.8) is 0 Å². The van der Waals surface area contributed by atoms with Crippen molar-refractivity contribution in [2.45, 2.75) is 91.9 Å². The topological polar surface area (TPSA) is 40.5 Å².